The molecule has 0 unspecified atom stereocenters. The number of benzene rings is 2. The normalized spacial score (nSPS) is 11.2. The van der Waals surface area contributed by atoms with Gasteiger partial charge in [-0.1, -0.05) is 29.3 Å². The van der Waals surface area contributed by atoms with E-state index >= 15 is 0 Å². The summed E-state index contributed by atoms with van der Waals surface area (Å²) in [6, 6.07) is 7.76. The number of sulfonamides is 1. The highest BCUT2D eigenvalue weighted by molar-refractivity contribution is 7.92. The molecule has 2 aromatic carbocycles. The summed E-state index contributed by atoms with van der Waals surface area (Å²) in [5, 5.41) is 10.9. The Labute approximate surface area is 136 Å². The first-order chi connectivity index (χ1) is 10.2. The summed E-state index contributed by atoms with van der Waals surface area (Å²) in [6.07, 6.45) is 0. The van der Waals surface area contributed by atoms with Crippen LogP contribution in [0.1, 0.15) is 5.56 Å². The first kappa shape index (κ1) is 16.5. The van der Waals surface area contributed by atoms with Gasteiger partial charge in [0.2, 0.25) is 0 Å². The molecule has 2 rings (SSSR count). The highest BCUT2D eigenvalue weighted by Gasteiger charge is 2.18. The molecule has 0 spiro atoms. The zero-order valence-electron chi connectivity index (χ0n) is 11.2. The van der Waals surface area contributed by atoms with E-state index in [4.69, 9.17) is 23.2 Å². The molecule has 0 atom stereocenters. The Bertz CT molecular complexity index is 853. The minimum Gasteiger partial charge on any atom is -0.278 e. The van der Waals surface area contributed by atoms with Crippen LogP contribution in [0.25, 0.3) is 0 Å². The maximum Gasteiger partial charge on any atom is 0.271 e. The van der Waals surface area contributed by atoms with Crippen LogP contribution in [0.4, 0.5) is 11.4 Å². The van der Waals surface area contributed by atoms with Crippen LogP contribution in [0.15, 0.2) is 41.3 Å². The van der Waals surface area contributed by atoms with E-state index in [1.54, 1.807) is 13.0 Å². The van der Waals surface area contributed by atoms with Crippen LogP contribution in [-0.4, -0.2) is 13.3 Å². The number of non-ortho nitro benzene ring substituents is 1. The first-order valence-corrected chi connectivity index (χ1v) is 8.17. The Hall–Kier alpha value is -1.83. The van der Waals surface area contributed by atoms with Gasteiger partial charge in [-0.3, -0.25) is 14.8 Å². The highest BCUT2D eigenvalue weighted by Crippen LogP contribution is 2.29. The van der Waals surface area contributed by atoms with Crippen molar-refractivity contribution in [1.29, 1.82) is 0 Å². The molecular formula is C13H10Cl2N2O4S. The summed E-state index contributed by atoms with van der Waals surface area (Å²) < 4.78 is 26.8. The summed E-state index contributed by atoms with van der Waals surface area (Å²) in [7, 11) is -3.90. The van der Waals surface area contributed by atoms with Crippen LogP contribution >= 0.6 is 23.2 Å². The molecule has 0 fully saturated rings. The monoisotopic (exact) mass is 360 g/mol. The van der Waals surface area contributed by atoms with Crippen molar-refractivity contribution in [3.63, 3.8) is 0 Å². The fourth-order valence-corrected chi connectivity index (χ4v) is 3.27. The van der Waals surface area contributed by atoms with Crippen molar-refractivity contribution in [1.82, 2.24) is 0 Å². The summed E-state index contributed by atoms with van der Waals surface area (Å²) in [4.78, 5) is 9.98. The molecular weight excluding hydrogens is 351 g/mol. The van der Waals surface area contributed by atoms with Gasteiger partial charge in [-0.25, -0.2) is 8.42 Å². The van der Waals surface area contributed by atoms with Gasteiger partial charge in [-0.15, -0.1) is 0 Å². The highest BCUT2D eigenvalue weighted by atomic mass is 35.5. The van der Waals surface area contributed by atoms with Crippen LogP contribution in [0, 0.1) is 17.0 Å². The number of nitro benzene ring substituents is 1. The van der Waals surface area contributed by atoms with Gasteiger partial charge in [0, 0.05) is 17.2 Å². The molecule has 2 aromatic rings. The van der Waals surface area contributed by atoms with Crippen molar-refractivity contribution in [3.8, 4) is 0 Å². The molecule has 0 radical (unpaired) electrons. The summed E-state index contributed by atoms with van der Waals surface area (Å²) >= 11 is 11.8. The third-order valence-electron chi connectivity index (χ3n) is 2.86. The number of nitro groups is 1. The van der Waals surface area contributed by atoms with Gasteiger partial charge in [-0.2, -0.15) is 0 Å². The molecule has 0 aliphatic carbocycles. The minimum absolute atomic E-state index is 0.0301. The topological polar surface area (TPSA) is 89.3 Å². The molecule has 116 valence electrons. The molecule has 0 saturated carbocycles. The molecule has 6 nitrogen and oxygen atoms in total. The number of hydrogen-bond donors (Lipinski definition) is 1. The lowest BCUT2D eigenvalue weighted by molar-refractivity contribution is -0.384. The van der Waals surface area contributed by atoms with Gasteiger partial charge in [-0.05, 0) is 30.7 Å². The average Bonchev–Trinajstić information content (AvgIpc) is 2.43. The zero-order valence-corrected chi connectivity index (χ0v) is 13.5. The maximum atomic E-state index is 12.3. The van der Waals surface area contributed by atoms with E-state index in [1.165, 1.54) is 18.2 Å². The predicted molar refractivity (Wildman–Crippen MR) is 85.1 cm³/mol. The Morgan fingerprint density at radius 2 is 1.77 bits per heavy atom. The lowest BCUT2D eigenvalue weighted by atomic mass is 10.2. The fourth-order valence-electron chi connectivity index (χ4n) is 1.64. The smallest absolute Gasteiger partial charge is 0.271 e. The number of halogens is 2. The van der Waals surface area contributed by atoms with Crippen molar-refractivity contribution in [2.24, 2.45) is 0 Å². The van der Waals surface area contributed by atoms with Gasteiger partial charge >= 0.3 is 0 Å². The summed E-state index contributed by atoms with van der Waals surface area (Å²) in [5.41, 5.74) is 0.560. The van der Waals surface area contributed by atoms with Gasteiger partial charge in [0.05, 0.1) is 20.5 Å². The molecule has 0 aromatic heterocycles. The van der Waals surface area contributed by atoms with Crippen LogP contribution in [0.3, 0.4) is 0 Å². The van der Waals surface area contributed by atoms with Crippen LogP contribution in [0.2, 0.25) is 10.0 Å². The largest absolute Gasteiger partial charge is 0.278 e. The standard InChI is InChI=1S/C13H10Cl2N2O4S/c1-8-2-4-10(7-11(8)14)22(20,21)16-13-5-3-9(17(18)19)6-12(13)15/h2-7,16H,1H3. The van der Waals surface area contributed by atoms with Crippen LogP contribution in [-0.2, 0) is 10.0 Å². The van der Waals surface area contributed by atoms with Gasteiger partial charge in [0.1, 0.15) is 0 Å². The lowest BCUT2D eigenvalue weighted by Gasteiger charge is -2.10. The molecule has 9 heteroatoms. The second-order valence-electron chi connectivity index (χ2n) is 4.44. The Kier molecular flexibility index (Phi) is 4.60. The molecule has 0 saturated heterocycles. The molecule has 1 N–H and O–H groups in total. The quantitative estimate of drug-likeness (QED) is 0.658. The van der Waals surface area contributed by atoms with E-state index in [-0.39, 0.29) is 21.3 Å². The van der Waals surface area contributed by atoms with E-state index < -0.39 is 14.9 Å². The number of rotatable bonds is 4. The number of nitrogens with zero attached hydrogens (tertiary/aromatic N) is 1. The van der Waals surface area contributed by atoms with Crippen molar-refractivity contribution in [2.45, 2.75) is 11.8 Å². The van der Waals surface area contributed by atoms with E-state index in [2.05, 4.69) is 4.72 Å². The Balaban J connectivity index is 2.36. The molecule has 0 heterocycles. The predicted octanol–water partition coefficient (Wildman–Crippen LogP) is 4.01. The van der Waals surface area contributed by atoms with Crippen LogP contribution in [0.5, 0.6) is 0 Å². The van der Waals surface area contributed by atoms with E-state index in [1.807, 2.05) is 0 Å². The minimum atomic E-state index is -3.90. The van der Waals surface area contributed by atoms with Gasteiger partial charge in [0.15, 0.2) is 0 Å². The van der Waals surface area contributed by atoms with E-state index in [0.717, 1.165) is 17.7 Å². The number of aryl methyl sites for hydroxylation is 1. The molecule has 0 aliphatic heterocycles. The SMILES string of the molecule is Cc1ccc(S(=O)(=O)Nc2ccc([N+](=O)[O-])cc2Cl)cc1Cl. The zero-order chi connectivity index (χ0) is 16.5. The Morgan fingerprint density at radius 1 is 1.09 bits per heavy atom. The van der Waals surface area contributed by atoms with Crippen LogP contribution < -0.4 is 4.72 Å². The maximum absolute atomic E-state index is 12.3. The fraction of sp³-hybridized carbons (Fsp3) is 0.0769. The number of nitrogens with one attached hydrogen (secondary N) is 1. The summed E-state index contributed by atoms with van der Waals surface area (Å²) in [5.74, 6) is 0. The van der Waals surface area contributed by atoms with E-state index in [9.17, 15) is 18.5 Å². The number of anilines is 1. The van der Waals surface area contributed by atoms with Crippen molar-refractivity contribution >= 4 is 44.6 Å². The number of hydrogen-bond acceptors (Lipinski definition) is 4. The van der Waals surface area contributed by atoms with Crippen molar-refractivity contribution in [2.75, 3.05) is 4.72 Å². The van der Waals surface area contributed by atoms with Gasteiger partial charge in [0.25, 0.3) is 15.7 Å². The molecule has 22 heavy (non-hydrogen) atoms. The first-order valence-electron chi connectivity index (χ1n) is 5.93. The van der Waals surface area contributed by atoms with Crippen molar-refractivity contribution < 1.29 is 13.3 Å². The second-order valence-corrected chi connectivity index (χ2v) is 6.93. The van der Waals surface area contributed by atoms with E-state index in [0.29, 0.717) is 5.02 Å². The molecule has 0 amide bonds. The summed E-state index contributed by atoms with van der Waals surface area (Å²) in [6.45, 7) is 1.75. The molecule has 0 aliphatic rings. The average molecular weight is 361 g/mol. The third kappa shape index (κ3) is 3.49. The second kappa shape index (κ2) is 6.12. The molecule has 0 bridgehead atoms. The Morgan fingerprint density at radius 3 is 2.32 bits per heavy atom. The lowest BCUT2D eigenvalue weighted by Crippen LogP contribution is -2.13. The third-order valence-corrected chi connectivity index (χ3v) is 4.94. The van der Waals surface area contributed by atoms with Gasteiger partial charge < -0.3 is 0 Å². The van der Waals surface area contributed by atoms with Crippen molar-refractivity contribution in [3.05, 3.63) is 62.1 Å².